The van der Waals surface area contributed by atoms with E-state index in [0.29, 0.717) is 5.56 Å². The minimum absolute atomic E-state index is 0.0930. The lowest BCUT2D eigenvalue weighted by atomic mass is 10.2. The van der Waals surface area contributed by atoms with Gasteiger partial charge in [-0.3, -0.25) is 0 Å². The molecular weight excluding hydrogens is 254 g/mol. The molecular formula is C14H13N5O. The number of phenols is 1. The number of para-hydroxylation sites is 1. The summed E-state index contributed by atoms with van der Waals surface area (Å²) in [4.78, 5) is 8.31. The molecule has 0 saturated carbocycles. The molecule has 6 heteroatoms. The molecule has 100 valence electrons. The van der Waals surface area contributed by atoms with Crippen molar-refractivity contribution < 1.29 is 5.11 Å². The average Bonchev–Trinajstić information content (AvgIpc) is 2.40. The third kappa shape index (κ3) is 3.09. The van der Waals surface area contributed by atoms with Gasteiger partial charge in [0.25, 0.3) is 5.95 Å². The molecule has 0 radical (unpaired) electrons. The summed E-state index contributed by atoms with van der Waals surface area (Å²) in [6.45, 7) is 3.64. The zero-order chi connectivity index (χ0) is 14.5. The van der Waals surface area contributed by atoms with Crippen molar-refractivity contribution >= 4 is 12.2 Å². The van der Waals surface area contributed by atoms with E-state index in [1.165, 1.54) is 6.21 Å². The van der Waals surface area contributed by atoms with Crippen molar-refractivity contribution in [2.75, 3.05) is 5.01 Å². The molecule has 0 atom stereocenters. The molecule has 0 unspecified atom stereocenters. The van der Waals surface area contributed by atoms with Crippen molar-refractivity contribution in [2.24, 2.45) is 5.10 Å². The van der Waals surface area contributed by atoms with Gasteiger partial charge in [-0.1, -0.05) is 12.1 Å². The van der Waals surface area contributed by atoms with Crippen LogP contribution in [0.2, 0.25) is 0 Å². The minimum Gasteiger partial charge on any atom is -0.507 e. The number of anilines is 1. The van der Waals surface area contributed by atoms with Crippen molar-refractivity contribution in [2.45, 2.75) is 13.8 Å². The maximum absolute atomic E-state index is 9.63. The normalized spacial score (nSPS) is 10.4. The SMILES string of the molecule is Cc1cc(C)nc(N(C#N)N=Cc2ccccc2O)n1. The lowest BCUT2D eigenvalue weighted by Gasteiger charge is -2.08. The molecule has 6 nitrogen and oxygen atoms in total. The van der Waals surface area contributed by atoms with Crippen molar-refractivity contribution in [3.05, 3.63) is 47.3 Å². The van der Waals surface area contributed by atoms with Crippen LogP contribution in [-0.4, -0.2) is 21.3 Å². The molecule has 1 heterocycles. The fraction of sp³-hybridized carbons (Fsp3) is 0.143. The molecule has 0 aliphatic carbocycles. The zero-order valence-electron chi connectivity index (χ0n) is 11.1. The number of nitriles is 1. The summed E-state index contributed by atoms with van der Waals surface area (Å²) in [5, 5.41) is 23.8. The third-order valence-corrected chi connectivity index (χ3v) is 2.50. The monoisotopic (exact) mass is 267 g/mol. The van der Waals surface area contributed by atoms with E-state index in [-0.39, 0.29) is 11.7 Å². The van der Waals surface area contributed by atoms with Crippen LogP contribution in [0, 0.1) is 25.3 Å². The molecule has 0 fully saturated rings. The number of rotatable bonds is 3. The lowest BCUT2D eigenvalue weighted by molar-refractivity contribution is 0.474. The van der Waals surface area contributed by atoms with Crippen LogP contribution < -0.4 is 5.01 Å². The Labute approximate surface area is 116 Å². The van der Waals surface area contributed by atoms with E-state index in [9.17, 15) is 5.11 Å². The molecule has 0 aliphatic rings. The molecule has 0 amide bonds. The van der Waals surface area contributed by atoms with Gasteiger partial charge in [-0.25, -0.2) is 9.97 Å². The van der Waals surface area contributed by atoms with Crippen LogP contribution >= 0.6 is 0 Å². The van der Waals surface area contributed by atoms with E-state index in [1.54, 1.807) is 24.3 Å². The van der Waals surface area contributed by atoms with E-state index in [4.69, 9.17) is 5.26 Å². The first-order valence-corrected chi connectivity index (χ1v) is 5.94. The molecule has 0 bridgehead atoms. The van der Waals surface area contributed by atoms with Gasteiger partial charge >= 0.3 is 0 Å². The second-order valence-corrected chi connectivity index (χ2v) is 4.17. The molecule has 0 spiro atoms. The predicted molar refractivity (Wildman–Crippen MR) is 75.3 cm³/mol. The van der Waals surface area contributed by atoms with E-state index in [0.717, 1.165) is 16.4 Å². The van der Waals surface area contributed by atoms with Crippen molar-refractivity contribution in [3.63, 3.8) is 0 Å². The Bertz CT molecular complexity index is 670. The number of phenolic OH excluding ortho intramolecular Hbond substituents is 1. The van der Waals surface area contributed by atoms with Gasteiger partial charge < -0.3 is 5.11 Å². The van der Waals surface area contributed by atoms with E-state index in [2.05, 4.69) is 15.1 Å². The Kier molecular flexibility index (Phi) is 3.91. The highest BCUT2D eigenvalue weighted by Crippen LogP contribution is 2.14. The van der Waals surface area contributed by atoms with Gasteiger partial charge in [-0.05, 0) is 32.0 Å². The Hall–Kier alpha value is -2.94. The van der Waals surface area contributed by atoms with Gasteiger partial charge in [0, 0.05) is 17.0 Å². The van der Waals surface area contributed by atoms with E-state index >= 15 is 0 Å². The maximum atomic E-state index is 9.63. The smallest absolute Gasteiger partial charge is 0.261 e. The minimum atomic E-state index is 0.0930. The van der Waals surface area contributed by atoms with Gasteiger partial charge in [0.05, 0.1) is 6.21 Å². The number of aryl methyl sites for hydroxylation is 2. The summed E-state index contributed by atoms with van der Waals surface area (Å²) in [5.74, 6) is 0.298. The number of nitrogens with zero attached hydrogens (tertiary/aromatic N) is 5. The van der Waals surface area contributed by atoms with Gasteiger partial charge in [-0.15, -0.1) is 5.01 Å². The van der Waals surface area contributed by atoms with Gasteiger partial charge in [0.15, 0.2) is 0 Å². The van der Waals surface area contributed by atoms with Gasteiger partial charge in [0.1, 0.15) is 5.75 Å². The summed E-state index contributed by atoms with van der Waals surface area (Å²) in [7, 11) is 0. The average molecular weight is 267 g/mol. The molecule has 2 rings (SSSR count). The quantitative estimate of drug-likeness (QED) is 0.398. The molecule has 0 saturated heterocycles. The topological polar surface area (TPSA) is 85.4 Å². The summed E-state index contributed by atoms with van der Waals surface area (Å²) in [5.41, 5.74) is 2.02. The number of hydrazone groups is 1. The summed E-state index contributed by atoms with van der Waals surface area (Å²) in [6, 6.07) is 8.53. The van der Waals surface area contributed by atoms with Crippen LogP contribution in [0.25, 0.3) is 0 Å². The van der Waals surface area contributed by atoms with Crippen LogP contribution in [0.4, 0.5) is 5.95 Å². The molecule has 1 aromatic carbocycles. The van der Waals surface area contributed by atoms with Gasteiger partial charge in [0.2, 0.25) is 6.19 Å². The van der Waals surface area contributed by atoms with E-state index < -0.39 is 0 Å². The second-order valence-electron chi connectivity index (χ2n) is 4.17. The molecule has 1 N–H and O–H groups in total. The molecule has 1 aromatic heterocycles. The van der Waals surface area contributed by atoms with Crippen LogP contribution in [0.1, 0.15) is 17.0 Å². The first-order valence-electron chi connectivity index (χ1n) is 5.94. The van der Waals surface area contributed by atoms with Crippen molar-refractivity contribution in [3.8, 4) is 11.9 Å². The number of hydrogen-bond donors (Lipinski definition) is 1. The standard InChI is InChI=1S/C14H13N5O/c1-10-7-11(2)18-14(17-10)19(9-15)16-8-12-5-3-4-6-13(12)20/h3-8,20H,1-2H3. The fourth-order valence-electron chi connectivity index (χ4n) is 1.64. The van der Waals surface area contributed by atoms with Crippen LogP contribution in [0.3, 0.4) is 0 Å². The number of aromatic hydroxyl groups is 1. The Balaban J connectivity index is 2.30. The summed E-state index contributed by atoms with van der Waals surface area (Å²) in [6.07, 6.45) is 3.28. The first-order chi connectivity index (χ1) is 9.60. The molecule has 0 aliphatic heterocycles. The molecule has 20 heavy (non-hydrogen) atoms. The zero-order valence-corrected chi connectivity index (χ0v) is 11.1. The number of hydrogen-bond acceptors (Lipinski definition) is 6. The Morgan fingerprint density at radius 1 is 1.25 bits per heavy atom. The highest BCUT2D eigenvalue weighted by atomic mass is 16.3. The lowest BCUT2D eigenvalue weighted by Crippen LogP contribution is -2.13. The number of benzene rings is 1. The van der Waals surface area contributed by atoms with Crippen LogP contribution in [-0.2, 0) is 0 Å². The first kappa shape index (κ1) is 13.5. The predicted octanol–water partition coefficient (Wildman–Crippen LogP) is 2.12. The maximum Gasteiger partial charge on any atom is 0.261 e. The fourth-order valence-corrected chi connectivity index (χ4v) is 1.64. The Morgan fingerprint density at radius 3 is 2.50 bits per heavy atom. The molecule has 2 aromatic rings. The van der Waals surface area contributed by atoms with Crippen LogP contribution in [0.15, 0.2) is 35.4 Å². The largest absolute Gasteiger partial charge is 0.507 e. The highest BCUT2D eigenvalue weighted by molar-refractivity contribution is 5.83. The Morgan fingerprint density at radius 2 is 1.90 bits per heavy atom. The highest BCUT2D eigenvalue weighted by Gasteiger charge is 2.08. The second kappa shape index (κ2) is 5.80. The number of aromatic nitrogens is 2. The van der Waals surface area contributed by atoms with E-state index in [1.807, 2.05) is 26.1 Å². The third-order valence-electron chi connectivity index (χ3n) is 2.50. The van der Waals surface area contributed by atoms with Crippen LogP contribution in [0.5, 0.6) is 5.75 Å². The summed E-state index contributed by atoms with van der Waals surface area (Å²) >= 11 is 0. The van der Waals surface area contributed by atoms with Crippen molar-refractivity contribution in [1.29, 1.82) is 5.26 Å². The van der Waals surface area contributed by atoms with Crippen molar-refractivity contribution in [1.82, 2.24) is 9.97 Å². The summed E-state index contributed by atoms with van der Waals surface area (Å²) < 4.78 is 0. The van der Waals surface area contributed by atoms with Gasteiger partial charge in [-0.2, -0.15) is 10.4 Å².